The van der Waals surface area contributed by atoms with Crippen molar-refractivity contribution in [2.24, 2.45) is 0 Å². The number of aromatic nitrogens is 2. The number of hydrogen-bond acceptors (Lipinski definition) is 4. The lowest BCUT2D eigenvalue weighted by atomic mass is 10.2. The summed E-state index contributed by atoms with van der Waals surface area (Å²) in [5.41, 5.74) is 1.68. The molecule has 116 valence electrons. The van der Waals surface area contributed by atoms with Gasteiger partial charge in [-0.3, -0.25) is 9.36 Å². The minimum atomic E-state index is 0.0933. The summed E-state index contributed by atoms with van der Waals surface area (Å²) in [6.45, 7) is 0. The topological polar surface area (TPSA) is 44.1 Å². The zero-order valence-electron chi connectivity index (χ0n) is 12.7. The highest BCUT2D eigenvalue weighted by atomic mass is 32.2. The average molecular weight is 324 g/mol. The molecule has 23 heavy (non-hydrogen) atoms. The Bertz CT molecular complexity index is 800. The van der Waals surface area contributed by atoms with Crippen LogP contribution >= 0.6 is 11.8 Å². The van der Waals surface area contributed by atoms with Crippen molar-refractivity contribution in [1.82, 2.24) is 9.55 Å². The van der Waals surface area contributed by atoms with Crippen molar-refractivity contribution in [3.8, 4) is 11.4 Å². The Kier molecular flexibility index (Phi) is 4.78. The molecule has 0 radical (unpaired) electrons. The lowest BCUT2D eigenvalue weighted by molar-refractivity contribution is 0.102. The Morgan fingerprint density at radius 1 is 1.17 bits per heavy atom. The molecule has 0 unspecified atom stereocenters. The molecule has 0 spiro atoms. The first kappa shape index (κ1) is 15.4. The average Bonchev–Trinajstić information content (AvgIpc) is 3.09. The van der Waals surface area contributed by atoms with E-state index >= 15 is 0 Å². The van der Waals surface area contributed by atoms with Crippen molar-refractivity contribution in [2.45, 2.75) is 5.16 Å². The van der Waals surface area contributed by atoms with Gasteiger partial charge in [0.1, 0.15) is 5.75 Å². The van der Waals surface area contributed by atoms with Crippen molar-refractivity contribution >= 4 is 17.5 Å². The maximum atomic E-state index is 12.2. The zero-order valence-corrected chi connectivity index (χ0v) is 13.5. The highest BCUT2D eigenvalue weighted by Gasteiger charge is 2.11. The van der Waals surface area contributed by atoms with Crippen LogP contribution in [0.25, 0.3) is 5.69 Å². The number of benzene rings is 2. The fourth-order valence-corrected chi connectivity index (χ4v) is 3.06. The number of imidazole rings is 1. The molecule has 4 nitrogen and oxygen atoms in total. The number of hydrogen-bond donors (Lipinski definition) is 0. The lowest BCUT2D eigenvalue weighted by Crippen LogP contribution is -2.04. The van der Waals surface area contributed by atoms with Gasteiger partial charge >= 0.3 is 0 Å². The normalized spacial score (nSPS) is 10.5. The Hall–Kier alpha value is -2.53. The minimum Gasteiger partial charge on any atom is -0.497 e. The molecule has 1 heterocycles. The number of carbonyl (C=O) groups excluding carboxylic acids is 1. The first-order valence-electron chi connectivity index (χ1n) is 7.17. The first-order chi connectivity index (χ1) is 11.3. The van der Waals surface area contributed by atoms with Crippen molar-refractivity contribution in [3.05, 3.63) is 72.6 Å². The molecule has 0 amide bonds. The fourth-order valence-electron chi connectivity index (χ4n) is 2.19. The first-order valence-corrected chi connectivity index (χ1v) is 8.15. The van der Waals surface area contributed by atoms with Gasteiger partial charge in [0, 0.05) is 24.0 Å². The van der Waals surface area contributed by atoms with Crippen LogP contribution in [0.4, 0.5) is 0 Å². The van der Waals surface area contributed by atoms with Gasteiger partial charge in [-0.15, -0.1) is 0 Å². The largest absolute Gasteiger partial charge is 0.497 e. The highest BCUT2D eigenvalue weighted by molar-refractivity contribution is 7.99. The molecule has 0 aliphatic carbocycles. The van der Waals surface area contributed by atoms with Gasteiger partial charge in [0.05, 0.1) is 18.6 Å². The van der Waals surface area contributed by atoms with E-state index < -0.39 is 0 Å². The Labute approximate surface area is 139 Å². The summed E-state index contributed by atoms with van der Waals surface area (Å²) < 4.78 is 7.20. The Balaban J connectivity index is 1.75. The number of Topliss-reactive ketones (excluding diaryl/α,β-unsaturated/α-hetero) is 1. The van der Waals surface area contributed by atoms with E-state index in [0.717, 1.165) is 22.2 Å². The molecule has 0 fully saturated rings. The number of methoxy groups -OCH3 is 1. The quantitative estimate of drug-likeness (QED) is 0.510. The minimum absolute atomic E-state index is 0.0933. The van der Waals surface area contributed by atoms with Crippen LogP contribution in [0.15, 0.2) is 72.1 Å². The molecule has 0 aliphatic rings. The lowest BCUT2D eigenvalue weighted by Gasteiger charge is -2.08. The smallest absolute Gasteiger partial charge is 0.173 e. The Morgan fingerprint density at radius 2 is 2.00 bits per heavy atom. The number of carbonyl (C=O) groups is 1. The predicted octanol–water partition coefficient (Wildman–Crippen LogP) is 3.86. The summed E-state index contributed by atoms with van der Waals surface area (Å²) in [5, 5.41) is 0.780. The van der Waals surface area contributed by atoms with Crippen LogP contribution in [-0.4, -0.2) is 28.2 Å². The summed E-state index contributed by atoms with van der Waals surface area (Å²) >= 11 is 1.43. The van der Waals surface area contributed by atoms with Crippen molar-refractivity contribution in [3.63, 3.8) is 0 Å². The third-order valence-electron chi connectivity index (χ3n) is 3.37. The number of nitrogens with zero attached hydrogens (tertiary/aromatic N) is 2. The molecule has 1 aromatic heterocycles. The van der Waals surface area contributed by atoms with Gasteiger partial charge in [-0.2, -0.15) is 0 Å². The van der Waals surface area contributed by atoms with Crippen LogP contribution in [0.5, 0.6) is 5.75 Å². The Morgan fingerprint density at radius 3 is 2.78 bits per heavy atom. The summed E-state index contributed by atoms with van der Waals surface area (Å²) in [6, 6.07) is 17.0. The second-order valence-electron chi connectivity index (χ2n) is 4.86. The molecular weight excluding hydrogens is 308 g/mol. The standard InChI is InChI=1S/C18H16N2O2S/c1-22-16-9-5-8-15(12-16)20-11-10-19-18(20)23-13-17(21)14-6-3-2-4-7-14/h2-12H,13H2,1H3. The molecule has 3 rings (SSSR count). The molecule has 3 aromatic rings. The maximum Gasteiger partial charge on any atom is 0.173 e. The highest BCUT2D eigenvalue weighted by Crippen LogP contribution is 2.23. The van der Waals surface area contributed by atoms with E-state index in [4.69, 9.17) is 4.74 Å². The van der Waals surface area contributed by atoms with E-state index in [1.165, 1.54) is 11.8 Å². The van der Waals surface area contributed by atoms with Crippen LogP contribution in [0, 0.1) is 0 Å². The molecule has 0 saturated heterocycles. The van der Waals surface area contributed by atoms with Crippen LogP contribution < -0.4 is 4.74 Å². The summed E-state index contributed by atoms with van der Waals surface area (Å²) in [5.74, 6) is 1.23. The molecule has 0 atom stereocenters. The van der Waals surface area contributed by atoms with Crippen LogP contribution in [-0.2, 0) is 0 Å². The summed E-state index contributed by atoms with van der Waals surface area (Å²) in [4.78, 5) is 16.6. The predicted molar refractivity (Wildman–Crippen MR) is 91.6 cm³/mol. The molecule has 0 aliphatic heterocycles. The third-order valence-corrected chi connectivity index (χ3v) is 4.33. The van der Waals surface area contributed by atoms with E-state index in [-0.39, 0.29) is 5.78 Å². The second-order valence-corrected chi connectivity index (χ2v) is 5.80. The fraction of sp³-hybridized carbons (Fsp3) is 0.111. The second kappa shape index (κ2) is 7.15. The molecular formula is C18H16N2O2S. The molecule has 2 aromatic carbocycles. The van der Waals surface area contributed by atoms with Crippen molar-refractivity contribution in [1.29, 1.82) is 0 Å². The van der Waals surface area contributed by atoms with E-state index in [1.54, 1.807) is 13.3 Å². The monoisotopic (exact) mass is 324 g/mol. The maximum absolute atomic E-state index is 12.2. The number of ether oxygens (including phenoxy) is 1. The van der Waals surface area contributed by atoms with E-state index in [0.29, 0.717) is 5.75 Å². The molecule has 0 N–H and O–H groups in total. The zero-order chi connectivity index (χ0) is 16.1. The van der Waals surface area contributed by atoms with E-state index in [9.17, 15) is 4.79 Å². The number of ketones is 1. The van der Waals surface area contributed by atoms with E-state index in [2.05, 4.69) is 4.98 Å². The van der Waals surface area contributed by atoms with E-state index in [1.807, 2.05) is 65.4 Å². The van der Waals surface area contributed by atoms with Gasteiger partial charge in [0.15, 0.2) is 10.9 Å². The van der Waals surface area contributed by atoms with Crippen molar-refractivity contribution < 1.29 is 9.53 Å². The van der Waals surface area contributed by atoms with Gasteiger partial charge in [0.2, 0.25) is 0 Å². The molecule has 0 bridgehead atoms. The van der Waals surface area contributed by atoms with Crippen LogP contribution in [0.2, 0.25) is 0 Å². The van der Waals surface area contributed by atoms with Gasteiger partial charge in [-0.1, -0.05) is 48.2 Å². The van der Waals surface area contributed by atoms with Crippen molar-refractivity contribution in [2.75, 3.05) is 12.9 Å². The SMILES string of the molecule is COc1cccc(-n2ccnc2SCC(=O)c2ccccc2)c1. The van der Waals surface area contributed by atoms with Gasteiger partial charge in [-0.25, -0.2) is 4.98 Å². The molecule has 5 heteroatoms. The van der Waals surface area contributed by atoms with Crippen LogP contribution in [0.1, 0.15) is 10.4 Å². The van der Waals surface area contributed by atoms with Crippen LogP contribution in [0.3, 0.4) is 0 Å². The number of rotatable bonds is 6. The molecule has 0 saturated carbocycles. The summed E-state index contributed by atoms with van der Waals surface area (Å²) in [6.07, 6.45) is 3.61. The number of thioether (sulfide) groups is 1. The van der Waals surface area contributed by atoms with Gasteiger partial charge < -0.3 is 4.74 Å². The third kappa shape index (κ3) is 3.63. The summed E-state index contributed by atoms with van der Waals surface area (Å²) in [7, 11) is 1.64. The van der Waals surface area contributed by atoms with Gasteiger partial charge in [0.25, 0.3) is 0 Å². The van der Waals surface area contributed by atoms with Gasteiger partial charge in [-0.05, 0) is 12.1 Å².